The zero-order chi connectivity index (χ0) is 20.6. The molecule has 0 heterocycles. The van der Waals surface area contributed by atoms with Crippen molar-refractivity contribution in [2.75, 3.05) is 25.1 Å². The van der Waals surface area contributed by atoms with Crippen LogP contribution in [-0.4, -0.2) is 32.0 Å². The molecule has 2 amide bonds. The predicted octanol–water partition coefficient (Wildman–Crippen LogP) is 3.91. The first-order valence-corrected chi connectivity index (χ1v) is 9.13. The van der Waals surface area contributed by atoms with Crippen LogP contribution >= 0.6 is 0 Å². The molecule has 148 valence electrons. The molecular weight excluding hydrogens is 371 g/mol. The molecule has 3 aromatic carbocycles. The Kier molecular flexibility index (Phi) is 6.58. The fraction of sp³-hybridized carbons (Fsp3) is 0.130. The predicted molar refractivity (Wildman–Crippen MR) is 110 cm³/mol. The third kappa shape index (κ3) is 5.19. The second kappa shape index (κ2) is 9.50. The Morgan fingerprint density at radius 1 is 0.931 bits per heavy atom. The molecule has 1 N–H and O–H groups in total. The van der Waals surface area contributed by atoms with E-state index in [9.17, 15) is 14.0 Å². The number of nitrogens with zero attached hydrogens (tertiary/aromatic N) is 1. The van der Waals surface area contributed by atoms with Gasteiger partial charge in [0.05, 0.1) is 7.11 Å². The van der Waals surface area contributed by atoms with Crippen molar-refractivity contribution in [1.82, 2.24) is 5.32 Å². The smallest absolute Gasteiger partial charge is 0.258 e. The number of benzene rings is 3. The SMILES string of the molecule is COc1cccc(C(=O)NCCN(C(=O)c2ccccc2)c2ccc(F)cc2)c1. The number of methoxy groups -OCH3 is 1. The van der Waals surface area contributed by atoms with Crippen LogP contribution in [-0.2, 0) is 0 Å². The summed E-state index contributed by atoms with van der Waals surface area (Å²) in [7, 11) is 1.53. The first kappa shape index (κ1) is 20.1. The molecule has 6 heteroatoms. The highest BCUT2D eigenvalue weighted by molar-refractivity contribution is 6.06. The minimum absolute atomic E-state index is 0.228. The van der Waals surface area contributed by atoms with Gasteiger partial charge >= 0.3 is 0 Å². The minimum Gasteiger partial charge on any atom is -0.497 e. The van der Waals surface area contributed by atoms with E-state index in [1.54, 1.807) is 60.7 Å². The maximum atomic E-state index is 13.3. The molecule has 29 heavy (non-hydrogen) atoms. The standard InChI is InChI=1S/C23H21FN2O3/c1-29-21-9-5-8-18(16-21)22(27)25-14-15-26(20-12-10-19(24)11-13-20)23(28)17-6-3-2-4-7-17/h2-13,16H,14-15H2,1H3,(H,25,27). The third-order valence-corrected chi connectivity index (χ3v) is 4.36. The van der Waals surface area contributed by atoms with Gasteiger partial charge in [0.1, 0.15) is 11.6 Å². The van der Waals surface area contributed by atoms with E-state index >= 15 is 0 Å². The van der Waals surface area contributed by atoms with Crippen molar-refractivity contribution in [1.29, 1.82) is 0 Å². The largest absolute Gasteiger partial charge is 0.497 e. The number of rotatable bonds is 7. The van der Waals surface area contributed by atoms with Gasteiger partial charge in [-0.05, 0) is 54.6 Å². The molecule has 0 bridgehead atoms. The van der Waals surface area contributed by atoms with Crippen molar-refractivity contribution in [2.45, 2.75) is 0 Å². The van der Waals surface area contributed by atoms with Gasteiger partial charge in [0.25, 0.3) is 11.8 Å². The molecule has 3 aromatic rings. The van der Waals surface area contributed by atoms with E-state index in [4.69, 9.17) is 4.74 Å². The monoisotopic (exact) mass is 392 g/mol. The van der Waals surface area contributed by atoms with Crippen LogP contribution in [0.1, 0.15) is 20.7 Å². The van der Waals surface area contributed by atoms with Gasteiger partial charge in [-0.3, -0.25) is 9.59 Å². The Bertz CT molecular complexity index is 975. The summed E-state index contributed by atoms with van der Waals surface area (Å²) in [6.45, 7) is 0.459. The minimum atomic E-state index is -0.382. The summed E-state index contributed by atoms with van der Waals surface area (Å²) in [5.41, 5.74) is 1.53. The molecule has 0 aliphatic carbocycles. The lowest BCUT2D eigenvalue weighted by molar-refractivity contribution is 0.0943. The molecular formula is C23H21FN2O3. The number of anilines is 1. The van der Waals surface area contributed by atoms with Crippen molar-refractivity contribution in [3.05, 3.63) is 95.8 Å². The van der Waals surface area contributed by atoms with Gasteiger partial charge in [0, 0.05) is 29.9 Å². The van der Waals surface area contributed by atoms with E-state index in [0.29, 0.717) is 22.6 Å². The van der Waals surface area contributed by atoms with E-state index in [1.165, 1.54) is 24.1 Å². The quantitative estimate of drug-likeness (QED) is 0.663. The Morgan fingerprint density at radius 2 is 1.62 bits per heavy atom. The van der Waals surface area contributed by atoms with Crippen LogP contribution in [0.3, 0.4) is 0 Å². The fourth-order valence-corrected chi connectivity index (χ4v) is 2.85. The summed E-state index contributed by atoms with van der Waals surface area (Å²) in [5.74, 6) is -0.292. The maximum Gasteiger partial charge on any atom is 0.258 e. The highest BCUT2D eigenvalue weighted by Crippen LogP contribution is 2.18. The normalized spacial score (nSPS) is 10.3. The second-order valence-corrected chi connectivity index (χ2v) is 6.29. The van der Waals surface area contributed by atoms with Gasteiger partial charge in [-0.15, -0.1) is 0 Å². The highest BCUT2D eigenvalue weighted by atomic mass is 19.1. The average Bonchev–Trinajstić information content (AvgIpc) is 2.77. The van der Waals surface area contributed by atoms with Crippen molar-refractivity contribution < 1.29 is 18.7 Å². The molecule has 3 rings (SSSR count). The van der Waals surface area contributed by atoms with Crippen LogP contribution in [0.15, 0.2) is 78.9 Å². The number of nitrogens with one attached hydrogen (secondary N) is 1. The zero-order valence-electron chi connectivity index (χ0n) is 16.0. The van der Waals surface area contributed by atoms with E-state index in [0.717, 1.165) is 0 Å². The number of hydrogen-bond acceptors (Lipinski definition) is 3. The zero-order valence-corrected chi connectivity index (χ0v) is 16.0. The summed E-state index contributed by atoms with van der Waals surface area (Å²) >= 11 is 0. The lowest BCUT2D eigenvalue weighted by Gasteiger charge is -2.23. The van der Waals surface area contributed by atoms with Gasteiger partial charge < -0.3 is 15.0 Å². The van der Waals surface area contributed by atoms with E-state index < -0.39 is 0 Å². The maximum absolute atomic E-state index is 13.3. The fourth-order valence-electron chi connectivity index (χ4n) is 2.85. The first-order chi connectivity index (χ1) is 14.1. The molecule has 0 aliphatic heterocycles. The van der Waals surface area contributed by atoms with Crippen molar-refractivity contribution in [3.63, 3.8) is 0 Å². The molecule has 0 atom stereocenters. The molecule has 5 nitrogen and oxygen atoms in total. The van der Waals surface area contributed by atoms with Gasteiger partial charge in [0.2, 0.25) is 0 Å². The van der Waals surface area contributed by atoms with Gasteiger partial charge in [0.15, 0.2) is 0 Å². The van der Waals surface area contributed by atoms with Gasteiger partial charge in [-0.2, -0.15) is 0 Å². The van der Waals surface area contributed by atoms with Gasteiger partial charge in [-0.1, -0.05) is 24.3 Å². The lowest BCUT2D eigenvalue weighted by Crippen LogP contribution is -2.38. The average molecular weight is 392 g/mol. The topological polar surface area (TPSA) is 58.6 Å². The molecule has 0 aliphatic rings. The third-order valence-electron chi connectivity index (χ3n) is 4.36. The number of ether oxygens (including phenoxy) is 1. The van der Waals surface area contributed by atoms with Crippen LogP contribution in [0.5, 0.6) is 5.75 Å². The Labute approximate surface area is 168 Å². The number of amides is 2. The van der Waals surface area contributed by atoms with Crippen molar-refractivity contribution >= 4 is 17.5 Å². The Morgan fingerprint density at radius 3 is 2.31 bits per heavy atom. The number of carbonyl (C=O) groups excluding carboxylic acids is 2. The van der Waals surface area contributed by atoms with Crippen LogP contribution in [0, 0.1) is 5.82 Å². The summed E-state index contributed by atoms with van der Waals surface area (Å²) < 4.78 is 18.4. The van der Waals surface area contributed by atoms with E-state index in [2.05, 4.69) is 5.32 Å². The van der Waals surface area contributed by atoms with Crippen LogP contribution in [0.4, 0.5) is 10.1 Å². The summed E-state index contributed by atoms with van der Waals surface area (Å²) in [4.78, 5) is 26.9. The van der Waals surface area contributed by atoms with Crippen LogP contribution < -0.4 is 15.0 Å². The summed E-state index contributed by atoms with van der Waals surface area (Å²) in [5, 5.41) is 2.81. The highest BCUT2D eigenvalue weighted by Gasteiger charge is 2.18. The summed E-state index contributed by atoms with van der Waals surface area (Å²) in [6.07, 6.45) is 0. The second-order valence-electron chi connectivity index (χ2n) is 6.29. The van der Waals surface area contributed by atoms with E-state index in [1.807, 2.05) is 6.07 Å². The molecule has 0 fully saturated rings. The number of hydrogen-bond donors (Lipinski definition) is 1. The van der Waals surface area contributed by atoms with Gasteiger partial charge in [-0.25, -0.2) is 4.39 Å². The lowest BCUT2D eigenvalue weighted by atomic mass is 10.1. The molecule has 0 saturated heterocycles. The van der Waals surface area contributed by atoms with Crippen molar-refractivity contribution in [2.24, 2.45) is 0 Å². The Hall–Kier alpha value is -3.67. The first-order valence-electron chi connectivity index (χ1n) is 9.13. The van der Waals surface area contributed by atoms with Crippen LogP contribution in [0.2, 0.25) is 0 Å². The molecule has 0 aromatic heterocycles. The summed E-state index contributed by atoms with van der Waals surface area (Å²) in [6, 6.07) is 21.3. The molecule has 0 radical (unpaired) electrons. The van der Waals surface area contributed by atoms with E-state index in [-0.39, 0.29) is 30.7 Å². The molecule has 0 unspecified atom stereocenters. The molecule has 0 saturated carbocycles. The Balaban J connectivity index is 1.72. The molecule has 0 spiro atoms. The van der Waals surface area contributed by atoms with Crippen molar-refractivity contribution in [3.8, 4) is 5.75 Å². The number of carbonyl (C=O) groups is 2. The van der Waals surface area contributed by atoms with Crippen LogP contribution in [0.25, 0.3) is 0 Å². The number of halogens is 1.